The molecule has 1 aromatic heterocycles. The van der Waals surface area contributed by atoms with Crippen LogP contribution in [0.3, 0.4) is 0 Å². The molecule has 2 aliphatic rings. The number of fused-ring (bicyclic) bond motifs is 1. The van der Waals surface area contributed by atoms with Gasteiger partial charge in [-0.1, -0.05) is 0 Å². The number of thiazole rings is 1. The van der Waals surface area contributed by atoms with Gasteiger partial charge in [0.05, 0.1) is 23.0 Å². The molecule has 0 unspecified atom stereocenters. The van der Waals surface area contributed by atoms with Crippen LogP contribution < -0.4 is 5.32 Å². The summed E-state index contributed by atoms with van der Waals surface area (Å²) in [6.45, 7) is 7.17. The van der Waals surface area contributed by atoms with Crippen molar-refractivity contribution in [2.75, 3.05) is 26.2 Å². The number of hydrogen-bond donors (Lipinski definition) is 1. The van der Waals surface area contributed by atoms with Gasteiger partial charge in [-0.05, 0) is 20.8 Å². The largest absolute Gasteiger partial charge is 0.376 e. The van der Waals surface area contributed by atoms with Crippen molar-refractivity contribution in [2.24, 2.45) is 11.8 Å². The molecule has 24 heavy (non-hydrogen) atoms. The topological polar surface area (TPSA) is 88.6 Å². The van der Waals surface area contributed by atoms with Crippen LogP contribution >= 0.6 is 11.3 Å². The Balaban J connectivity index is 1.58. The summed E-state index contributed by atoms with van der Waals surface area (Å²) in [4.78, 5) is 16.3. The first-order chi connectivity index (χ1) is 11.3. The average Bonchev–Trinajstić information content (AvgIpc) is 3.20. The predicted octanol–water partition coefficient (Wildman–Crippen LogP) is 0.866. The molecule has 1 aromatic rings. The van der Waals surface area contributed by atoms with Crippen molar-refractivity contribution >= 4 is 27.3 Å². The predicted molar refractivity (Wildman–Crippen MR) is 91.5 cm³/mol. The zero-order valence-electron chi connectivity index (χ0n) is 14.1. The first kappa shape index (κ1) is 17.8. The van der Waals surface area contributed by atoms with Crippen molar-refractivity contribution in [1.29, 1.82) is 0 Å². The highest BCUT2D eigenvalue weighted by molar-refractivity contribution is 7.89. The highest BCUT2D eigenvalue weighted by Gasteiger charge is 2.47. The average molecular weight is 374 g/mol. The third-order valence-corrected chi connectivity index (χ3v) is 7.72. The van der Waals surface area contributed by atoms with E-state index in [4.69, 9.17) is 4.74 Å². The highest BCUT2D eigenvalue weighted by Crippen LogP contribution is 2.35. The zero-order chi connectivity index (χ0) is 17.5. The van der Waals surface area contributed by atoms with E-state index in [9.17, 15) is 13.2 Å². The number of rotatable bonds is 5. The molecule has 2 fully saturated rings. The number of ether oxygens (including phenoxy) is 1. The summed E-state index contributed by atoms with van der Waals surface area (Å²) in [5, 5.41) is 5.07. The second-order valence-corrected chi connectivity index (χ2v) is 10.2. The van der Waals surface area contributed by atoms with Crippen LogP contribution in [0, 0.1) is 18.8 Å². The molecule has 7 nitrogen and oxygen atoms in total. The maximum atomic E-state index is 12.3. The van der Waals surface area contributed by atoms with Gasteiger partial charge in [-0.2, -0.15) is 4.31 Å². The van der Waals surface area contributed by atoms with Gasteiger partial charge in [0.2, 0.25) is 10.0 Å². The number of sulfonamides is 1. The molecule has 1 amide bonds. The van der Waals surface area contributed by atoms with Gasteiger partial charge >= 0.3 is 0 Å². The van der Waals surface area contributed by atoms with E-state index in [0.717, 1.165) is 5.01 Å². The Bertz CT molecular complexity index is 716. The molecule has 3 rings (SSSR count). The lowest BCUT2D eigenvalue weighted by Crippen LogP contribution is -2.37. The van der Waals surface area contributed by atoms with E-state index < -0.39 is 15.3 Å². The highest BCUT2D eigenvalue weighted by atomic mass is 32.2. The van der Waals surface area contributed by atoms with Crippen LogP contribution in [0.4, 0.5) is 0 Å². The second kappa shape index (κ2) is 6.70. The van der Waals surface area contributed by atoms with E-state index in [0.29, 0.717) is 31.9 Å². The molecule has 134 valence electrons. The summed E-state index contributed by atoms with van der Waals surface area (Å²) < 4.78 is 31.9. The molecule has 1 N–H and O–H groups in total. The Morgan fingerprint density at radius 2 is 2.25 bits per heavy atom. The fraction of sp³-hybridized carbons (Fsp3) is 0.733. The lowest BCUT2D eigenvalue weighted by Gasteiger charge is -2.21. The second-order valence-electron chi connectivity index (χ2n) is 6.67. The van der Waals surface area contributed by atoms with Crippen LogP contribution in [-0.4, -0.2) is 61.2 Å². The Hall–Kier alpha value is -1.03. The summed E-state index contributed by atoms with van der Waals surface area (Å²) in [5.41, 5.74) is 0.434. The summed E-state index contributed by atoms with van der Waals surface area (Å²) in [6.07, 6.45) is -0.0676. The number of aryl methyl sites for hydroxylation is 1. The molecule has 0 spiro atoms. The fourth-order valence-corrected chi connectivity index (χ4v) is 5.19. The van der Waals surface area contributed by atoms with Crippen molar-refractivity contribution in [3.63, 3.8) is 0 Å². The van der Waals surface area contributed by atoms with Crippen LogP contribution in [0.5, 0.6) is 0 Å². The minimum Gasteiger partial charge on any atom is -0.376 e. The summed E-state index contributed by atoms with van der Waals surface area (Å²) >= 11 is 1.44. The molecule has 3 atom stereocenters. The smallest absolute Gasteiger partial charge is 0.270 e. The molecule has 0 radical (unpaired) electrons. The van der Waals surface area contributed by atoms with E-state index in [2.05, 4.69) is 10.3 Å². The zero-order valence-corrected chi connectivity index (χ0v) is 15.7. The van der Waals surface area contributed by atoms with Gasteiger partial charge in [0.1, 0.15) is 5.69 Å². The molecule has 0 aliphatic carbocycles. The van der Waals surface area contributed by atoms with Crippen molar-refractivity contribution in [2.45, 2.75) is 32.1 Å². The molecule has 0 aromatic carbocycles. The molecule has 0 bridgehead atoms. The summed E-state index contributed by atoms with van der Waals surface area (Å²) in [6, 6.07) is 0. The summed E-state index contributed by atoms with van der Waals surface area (Å²) in [5.74, 6) is 0.0782. The van der Waals surface area contributed by atoms with Crippen molar-refractivity contribution in [3.05, 3.63) is 16.1 Å². The van der Waals surface area contributed by atoms with Gasteiger partial charge in [0, 0.05) is 36.9 Å². The van der Waals surface area contributed by atoms with Crippen LogP contribution in [0.15, 0.2) is 5.38 Å². The van der Waals surface area contributed by atoms with Gasteiger partial charge in [-0.3, -0.25) is 4.79 Å². The Labute approximate surface area is 146 Å². The minimum absolute atomic E-state index is 0.0676. The van der Waals surface area contributed by atoms with Gasteiger partial charge in [-0.25, -0.2) is 13.4 Å². The lowest BCUT2D eigenvalue weighted by molar-refractivity contribution is 0.0928. The third-order valence-electron chi connectivity index (χ3n) is 4.74. The number of carbonyl (C=O) groups excluding carboxylic acids is 1. The van der Waals surface area contributed by atoms with Gasteiger partial charge in [0.15, 0.2) is 0 Å². The van der Waals surface area contributed by atoms with E-state index in [1.807, 2.05) is 6.92 Å². The molecule has 9 heteroatoms. The van der Waals surface area contributed by atoms with Gasteiger partial charge in [0.25, 0.3) is 5.91 Å². The monoisotopic (exact) mass is 373 g/mol. The standard InChI is InChI=1S/C15H23N3O4S2/c1-9(2)24(20,21)18-5-12-11(7-22-14(12)6-18)4-16-15(19)13-8-23-10(3)17-13/h8-9,11-12,14H,4-7H2,1-3H3,(H,16,19)/t11-,12+,14+/m0/s1. The number of aromatic nitrogens is 1. The minimum atomic E-state index is -3.26. The molecular formula is C15H23N3O4S2. The number of amides is 1. The van der Waals surface area contributed by atoms with E-state index >= 15 is 0 Å². The normalized spacial score (nSPS) is 27.6. The first-order valence-corrected chi connectivity index (χ1v) is 10.5. The number of nitrogens with zero attached hydrogens (tertiary/aromatic N) is 2. The number of carbonyl (C=O) groups is 1. The molecule has 2 aliphatic heterocycles. The van der Waals surface area contributed by atoms with Crippen molar-refractivity contribution in [3.8, 4) is 0 Å². The van der Waals surface area contributed by atoms with Crippen LogP contribution in [0.25, 0.3) is 0 Å². The van der Waals surface area contributed by atoms with Crippen LogP contribution in [0.1, 0.15) is 29.3 Å². The maximum absolute atomic E-state index is 12.3. The van der Waals surface area contributed by atoms with Crippen molar-refractivity contribution in [1.82, 2.24) is 14.6 Å². The van der Waals surface area contributed by atoms with E-state index in [1.54, 1.807) is 19.2 Å². The summed E-state index contributed by atoms with van der Waals surface area (Å²) in [7, 11) is -3.26. The van der Waals surface area contributed by atoms with Gasteiger partial charge in [-0.15, -0.1) is 11.3 Å². The number of hydrogen-bond acceptors (Lipinski definition) is 6. The molecule has 0 saturated carbocycles. The maximum Gasteiger partial charge on any atom is 0.270 e. The van der Waals surface area contributed by atoms with Crippen molar-refractivity contribution < 1.29 is 17.9 Å². The first-order valence-electron chi connectivity index (χ1n) is 8.10. The molecular weight excluding hydrogens is 350 g/mol. The van der Waals surface area contributed by atoms with Crippen LogP contribution in [-0.2, 0) is 14.8 Å². The van der Waals surface area contributed by atoms with Gasteiger partial charge < -0.3 is 10.1 Å². The number of nitrogens with one attached hydrogen (secondary N) is 1. The Morgan fingerprint density at radius 3 is 2.88 bits per heavy atom. The van der Waals surface area contributed by atoms with Crippen LogP contribution in [0.2, 0.25) is 0 Å². The SMILES string of the molecule is Cc1nc(C(=O)NC[C@H]2CO[C@@H]3CN(S(=O)(=O)C(C)C)C[C@H]23)cs1. The molecule has 3 heterocycles. The van der Waals surface area contributed by atoms with E-state index in [1.165, 1.54) is 15.6 Å². The fourth-order valence-electron chi connectivity index (χ4n) is 3.26. The Morgan fingerprint density at radius 1 is 1.50 bits per heavy atom. The molecule has 2 saturated heterocycles. The lowest BCUT2D eigenvalue weighted by atomic mass is 9.93. The quantitative estimate of drug-likeness (QED) is 0.827. The Kier molecular flexibility index (Phi) is 4.96. The third kappa shape index (κ3) is 3.35. The van der Waals surface area contributed by atoms with E-state index in [-0.39, 0.29) is 23.8 Å².